The highest BCUT2D eigenvalue weighted by Crippen LogP contribution is 2.56. The van der Waals surface area contributed by atoms with Crippen LogP contribution in [0.2, 0.25) is 0 Å². The van der Waals surface area contributed by atoms with E-state index in [0.717, 1.165) is 27.8 Å². The molecule has 0 bridgehead atoms. The third-order valence-corrected chi connectivity index (χ3v) is 10.7. The quantitative estimate of drug-likeness (QED) is 0.139. The van der Waals surface area contributed by atoms with E-state index in [1.165, 1.54) is 21.3 Å². The van der Waals surface area contributed by atoms with Crippen LogP contribution >= 0.6 is 0 Å². The van der Waals surface area contributed by atoms with Crippen LogP contribution in [0.15, 0.2) is 186 Å². The van der Waals surface area contributed by atoms with Gasteiger partial charge in [-0.3, -0.25) is 4.79 Å². The van der Waals surface area contributed by atoms with E-state index in [-0.39, 0.29) is 17.0 Å². The number of methoxy groups -OCH3 is 3. The number of rotatable bonds is 9. The summed E-state index contributed by atoms with van der Waals surface area (Å²) < 4.78 is 24.4. The summed E-state index contributed by atoms with van der Waals surface area (Å²) in [5, 5.41) is 0. The molecular weight excluding hydrogens is 703 g/mol. The Morgan fingerprint density at radius 2 is 1.12 bits per heavy atom. The van der Waals surface area contributed by atoms with Crippen molar-refractivity contribution >= 4 is 23.8 Å². The maximum Gasteiger partial charge on any atom is 0.355 e. The number of hydrogen-bond acceptors (Lipinski definition) is 8. The molecule has 56 heavy (non-hydrogen) atoms. The number of Topliss-reactive ketones (excluding diaryl/α,β-unsaturated/α-hetero) is 1. The third kappa shape index (κ3) is 5.95. The lowest BCUT2D eigenvalue weighted by Gasteiger charge is -2.51. The number of fused-ring (bicyclic) bond motifs is 3. The average Bonchev–Trinajstić information content (AvgIpc) is 3.26. The first-order valence-corrected chi connectivity index (χ1v) is 18.3. The fourth-order valence-electron chi connectivity index (χ4n) is 8.29. The molecule has 0 saturated heterocycles. The SMILES string of the molecule is COC(=O)C1=C(C(=O)OC)[C@]2(O[C@@H]3c4ccccc4C=CN13)C(=O)C(OC)=C(C(c1ccccc1)c1ccccc1)C=C2C(c1ccccc1)c1ccccc1. The first-order valence-electron chi connectivity index (χ1n) is 18.3. The molecular formula is C48H39NO7. The van der Waals surface area contributed by atoms with Gasteiger partial charge in [0.05, 0.1) is 21.3 Å². The lowest BCUT2D eigenvalue weighted by Crippen LogP contribution is -2.58. The Labute approximate surface area is 325 Å². The molecule has 0 saturated carbocycles. The van der Waals surface area contributed by atoms with E-state index in [2.05, 4.69) is 0 Å². The van der Waals surface area contributed by atoms with Gasteiger partial charge >= 0.3 is 11.9 Å². The van der Waals surface area contributed by atoms with Gasteiger partial charge in [-0.15, -0.1) is 0 Å². The van der Waals surface area contributed by atoms with Gasteiger partial charge in [0, 0.05) is 29.2 Å². The second kappa shape index (κ2) is 15.2. The Bertz CT molecular complexity index is 2340. The van der Waals surface area contributed by atoms with Gasteiger partial charge in [-0.2, -0.15) is 0 Å². The van der Waals surface area contributed by atoms with Crippen LogP contribution in [0.3, 0.4) is 0 Å². The van der Waals surface area contributed by atoms with E-state index in [1.54, 1.807) is 11.1 Å². The van der Waals surface area contributed by atoms with Crippen molar-refractivity contribution in [3.63, 3.8) is 0 Å². The molecule has 0 radical (unpaired) electrons. The minimum atomic E-state index is -2.26. The fraction of sp³-hybridized carbons (Fsp3) is 0.146. The number of nitrogens with zero attached hydrogens (tertiary/aromatic N) is 1. The van der Waals surface area contributed by atoms with Gasteiger partial charge in [0.1, 0.15) is 11.3 Å². The highest BCUT2D eigenvalue weighted by atomic mass is 16.6. The van der Waals surface area contributed by atoms with Crippen LogP contribution < -0.4 is 0 Å². The van der Waals surface area contributed by atoms with E-state index < -0.39 is 41.4 Å². The molecule has 8 nitrogen and oxygen atoms in total. The molecule has 278 valence electrons. The first-order chi connectivity index (χ1) is 27.4. The van der Waals surface area contributed by atoms with Crippen LogP contribution in [-0.4, -0.2) is 49.6 Å². The van der Waals surface area contributed by atoms with Crippen LogP contribution in [-0.2, 0) is 33.3 Å². The Morgan fingerprint density at radius 1 is 0.643 bits per heavy atom. The van der Waals surface area contributed by atoms with E-state index in [1.807, 2.05) is 158 Å². The molecule has 5 aromatic rings. The molecule has 8 rings (SSSR count). The number of allylic oxidation sites excluding steroid dienone is 2. The summed E-state index contributed by atoms with van der Waals surface area (Å²) in [5.74, 6) is -3.62. The van der Waals surface area contributed by atoms with Crippen molar-refractivity contribution in [2.24, 2.45) is 0 Å². The van der Waals surface area contributed by atoms with Crippen molar-refractivity contribution < 1.29 is 33.3 Å². The predicted molar refractivity (Wildman–Crippen MR) is 212 cm³/mol. The lowest BCUT2D eigenvalue weighted by molar-refractivity contribution is -0.170. The summed E-state index contributed by atoms with van der Waals surface area (Å²) in [6.07, 6.45) is 4.38. The molecule has 1 spiro atoms. The van der Waals surface area contributed by atoms with Crippen LogP contribution in [0.1, 0.15) is 51.4 Å². The van der Waals surface area contributed by atoms with E-state index in [9.17, 15) is 9.59 Å². The Kier molecular flexibility index (Phi) is 9.81. The zero-order valence-electron chi connectivity index (χ0n) is 31.1. The maximum absolute atomic E-state index is 16.2. The van der Waals surface area contributed by atoms with Crippen molar-refractivity contribution in [1.82, 2.24) is 4.90 Å². The van der Waals surface area contributed by atoms with Gasteiger partial charge in [-0.05, 0) is 39.5 Å². The minimum absolute atomic E-state index is 0.0231. The zero-order chi connectivity index (χ0) is 38.8. The van der Waals surface area contributed by atoms with Crippen molar-refractivity contribution in [3.8, 4) is 0 Å². The van der Waals surface area contributed by atoms with E-state index in [4.69, 9.17) is 18.9 Å². The second-order valence-electron chi connectivity index (χ2n) is 13.6. The molecule has 5 aromatic carbocycles. The second-order valence-corrected chi connectivity index (χ2v) is 13.6. The Morgan fingerprint density at radius 3 is 1.62 bits per heavy atom. The van der Waals surface area contributed by atoms with Gasteiger partial charge in [0.15, 0.2) is 17.6 Å². The van der Waals surface area contributed by atoms with E-state index >= 15 is 4.79 Å². The zero-order valence-corrected chi connectivity index (χ0v) is 31.1. The lowest BCUT2D eigenvalue weighted by atomic mass is 9.65. The Hall–Kier alpha value is -6.77. The summed E-state index contributed by atoms with van der Waals surface area (Å²) in [6, 6.07) is 46.8. The average molecular weight is 742 g/mol. The molecule has 0 aromatic heterocycles. The molecule has 2 atom stereocenters. The van der Waals surface area contributed by atoms with Crippen molar-refractivity contribution in [2.45, 2.75) is 23.7 Å². The molecule has 3 aliphatic rings. The summed E-state index contributed by atoms with van der Waals surface area (Å²) >= 11 is 0. The number of carbonyl (C=O) groups is 3. The molecule has 2 heterocycles. The predicted octanol–water partition coefficient (Wildman–Crippen LogP) is 8.41. The van der Waals surface area contributed by atoms with Gasteiger partial charge in [-0.1, -0.05) is 152 Å². The fourth-order valence-corrected chi connectivity index (χ4v) is 8.29. The monoisotopic (exact) mass is 741 g/mol. The number of ether oxygens (including phenoxy) is 4. The van der Waals surface area contributed by atoms with Crippen molar-refractivity contribution in [2.75, 3.05) is 21.3 Å². The number of benzene rings is 5. The summed E-state index contributed by atoms with van der Waals surface area (Å²) in [7, 11) is 3.89. The molecule has 8 heteroatoms. The summed E-state index contributed by atoms with van der Waals surface area (Å²) in [4.78, 5) is 46.5. The van der Waals surface area contributed by atoms with Crippen molar-refractivity contribution in [3.05, 3.63) is 219 Å². The highest BCUT2D eigenvalue weighted by molar-refractivity contribution is 6.16. The van der Waals surface area contributed by atoms with Crippen LogP contribution in [0.5, 0.6) is 0 Å². The van der Waals surface area contributed by atoms with Crippen molar-refractivity contribution in [1.29, 1.82) is 0 Å². The van der Waals surface area contributed by atoms with Crippen LogP contribution in [0, 0.1) is 0 Å². The topological polar surface area (TPSA) is 91.4 Å². The van der Waals surface area contributed by atoms with Crippen LogP contribution in [0.25, 0.3) is 6.08 Å². The molecule has 2 aliphatic heterocycles. The maximum atomic E-state index is 16.2. The minimum Gasteiger partial charge on any atom is -0.493 e. The standard InChI is InChI=1S/C48H39NO7/c1-53-43-37(39(32-19-8-4-9-20-32)33-21-10-5-11-22-33)30-38(40(34-23-12-6-13-24-34)35-25-14-7-15-26-35)48(44(43)50)41(46(51)54-2)42(47(52)55-3)49-29-28-31-18-16-17-27-36(31)45(49)56-48/h4-30,39-40,45H,1-3H3/t45-,48+/m1/s1. The third-order valence-electron chi connectivity index (χ3n) is 10.7. The molecule has 0 amide bonds. The summed E-state index contributed by atoms with van der Waals surface area (Å²) in [6.45, 7) is 0. The Balaban J connectivity index is 1.54. The smallest absolute Gasteiger partial charge is 0.355 e. The molecule has 0 N–H and O–H groups in total. The summed E-state index contributed by atoms with van der Waals surface area (Å²) in [5.41, 5.74) is 3.20. The number of ketones is 1. The molecule has 0 unspecified atom stereocenters. The van der Waals surface area contributed by atoms with Crippen LogP contribution in [0.4, 0.5) is 0 Å². The van der Waals surface area contributed by atoms with Gasteiger partial charge in [0.25, 0.3) is 0 Å². The number of hydrogen-bond donors (Lipinski definition) is 0. The van der Waals surface area contributed by atoms with E-state index in [0.29, 0.717) is 16.7 Å². The largest absolute Gasteiger partial charge is 0.493 e. The number of esters is 2. The number of carbonyl (C=O) groups excluding carboxylic acids is 3. The molecule has 1 aliphatic carbocycles. The normalized spacial score (nSPS) is 18.8. The van der Waals surface area contributed by atoms with Gasteiger partial charge < -0.3 is 23.8 Å². The molecule has 0 fully saturated rings. The first kappa shape index (κ1) is 36.2. The highest BCUT2D eigenvalue weighted by Gasteiger charge is 2.63. The van der Waals surface area contributed by atoms with Gasteiger partial charge in [-0.25, -0.2) is 9.59 Å². The van der Waals surface area contributed by atoms with Gasteiger partial charge in [0.2, 0.25) is 5.78 Å².